The Balaban J connectivity index is 1.62. The number of pyridine rings is 2. The zero-order valence-electron chi connectivity index (χ0n) is 17.4. The molecular formula is C21H26N6O4. The topological polar surface area (TPSA) is 142 Å². The number of carbonyl (C=O) groups excluding carboxylic acids is 4. The van der Waals surface area contributed by atoms with Crippen LogP contribution >= 0.6 is 0 Å². The van der Waals surface area contributed by atoms with Crippen LogP contribution in [0.2, 0.25) is 0 Å². The minimum atomic E-state index is -0.710. The van der Waals surface area contributed by atoms with Crippen LogP contribution in [0.1, 0.15) is 41.0 Å². The Morgan fingerprint density at radius 1 is 0.710 bits per heavy atom. The molecule has 0 bridgehead atoms. The average Bonchev–Trinajstić information content (AvgIpc) is 2.79. The molecule has 0 aromatic carbocycles. The van der Waals surface area contributed by atoms with Gasteiger partial charge in [0.05, 0.1) is 0 Å². The number of hydrogen-bond donors (Lipinski definition) is 4. The fourth-order valence-corrected chi connectivity index (χ4v) is 2.52. The summed E-state index contributed by atoms with van der Waals surface area (Å²) >= 11 is 0. The van der Waals surface area contributed by atoms with Gasteiger partial charge in [0.15, 0.2) is 0 Å². The first-order valence-corrected chi connectivity index (χ1v) is 9.85. The lowest BCUT2D eigenvalue weighted by molar-refractivity contribution is -0.122. The first kappa shape index (κ1) is 23.5. The molecule has 0 radical (unpaired) electrons. The van der Waals surface area contributed by atoms with Crippen LogP contribution in [0.15, 0.2) is 49.1 Å². The Kier molecular flexibility index (Phi) is 9.09. The lowest BCUT2D eigenvalue weighted by Gasteiger charge is -2.15. The summed E-state index contributed by atoms with van der Waals surface area (Å²) in [6, 6.07) is 4.82. The third-order valence-corrected chi connectivity index (χ3v) is 4.32. The standard InChI is InChI=1S/C21H26N6O4/c1-14(26-20(30)16-4-10-22-11-5-16)18(28)24-8-3-9-25-19(29)15(2)27-21(31)17-6-12-23-13-7-17/h4-7,10-15H,3,8-9H2,1-2H3,(H,24,28)(H,25,29)(H,26,30)(H,27,31)/t14-,15-/m0/s1. The predicted octanol–water partition coefficient (Wildman–Crippen LogP) is 0.0359. The maximum absolute atomic E-state index is 12.1. The van der Waals surface area contributed by atoms with Crippen molar-refractivity contribution in [1.82, 2.24) is 31.2 Å². The fourth-order valence-electron chi connectivity index (χ4n) is 2.52. The van der Waals surface area contributed by atoms with Crippen LogP contribution in [-0.2, 0) is 9.59 Å². The maximum atomic E-state index is 12.1. The molecule has 4 N–H and O–H groups in total. The molecule has 0 aliphatic carbocycles. The molecule has 0 fully saturated rings. The molecule has 0 saturated carbocycles. The highest BCUT2D eigenvalue weighted by atomic mass is 16.2. The van der Waals surface area contributed by atoms with E-state index in [4.69, 9.17) is 0 Å². The Hall–Kier alpha value is -3.82. The number of aromatic nitrogens is 2. The van der Waals surface area contributed by atoms with E-state index in [2.05, 4.69) is 31.2 Å². The largest absolute Gasteiger partial charge is 0.354 e. The third kappa shape index (κ3) is 7.84. The predicted molar refractivity (Wildman–Crippen MR) is 113 cm³/mol. The van der Waals surface area contributed by atoms with E-state index in [0.29, 0.717) is 30.6 Å². The van der Waals surface area contributed by atoms with Gasteiger partial charge in [0.1, 0.15) is 12.1 Å². The minimum absolute atomic E-state index is 0.326. The second kappa shape index (κ2) is 12.0. The highest BCUT2D eigenvalue weighted by Crippen LogP contribution is 1.98. The van der Waals surface area contributed by atoms with Gasteiger partial charge in [-0.15, -0.1) is 0 Å². The molecule has 0 aliphatic heterocycles. The van der Waals surface area contributed by atoms with Crippen molar-refractivity contribution in [2.45, 2.75) is 32.4 Å². The molecule has 31 heavy (non-hydrogen) atoms. The van der Waals surface area contributed by atoms with E-state index in [1.54, 1.807) is 38.1 Å². The van der Waals surface area contributed by atoms with Crippen molar-refractivity contribution in [2.75, 3.05) is 13.1 Å². The molecule has 0 unspecified atom stereocenters. The summed E-state index contributed by atoms with van der Waals surface area (Å²) in [7, 11) is 0. The van der Waals surface area contributed by atoms with Crippen molar-refractivity contribution in [3.8, 4) is 0 Å². The van der Waals surface area contributed by atoms with E-state index in [-0.39, 0.29) is 23.6 Å². The molecule has 2 aromatic heterocycles. The van der Waals surface area contributed by atoms with Gasteiger partial charge >= 0.3 is 0 Å². The highest BCUT2D eigenvalue weighted by molar-refractivity contribution is 5.98. The Bertz CT molecular complexity index is 818. The molecular weight excluding hydrogens is 400 g/mol. The van der Waals surface area contributed by atoms with Crippen molar-refractivity contribution in [1.29, 1.82) is 0 Å². The normalized spacial score (nSPS) is 12.2. The van der Waals surface area contributed by atoms with E-state index in [1.165, 1.54) is 24.8 Å². The summed E-state index contributed by atoms with van der Waals surface area (Å²) < 4.78 is 0. The van der Waals surface area contributed by atoms with Gasteiger partial charge in [0.2, 0.25) is 11.8 Å². The summed E-state index contributed by atoms with van der Waals surface area (Å²) in [5.74, 6) is -1.38. The SMILES string of the molecule is C[C@H](NC(=O)c1ccncc1)C(=O)NCCCNC(=O)[C@H](C)NC(=O)c1ccncc1. The zero-order chi connectivity index (χ0) is 22.6. The second-order valence-electron chi connectivity index (χ2n) is 6.80. The molecule has 2 rings (SSSR count). The second-order valence-corrected chi connectivity index (χ2v) is 6.80. The number of hydrogen-bond acceptors (Lipinski definition) is 6. The first-order chi connectivity index (χ1) is 14.9. The number of nitrogens with one attached hydrogen (secondary N) is 4. The van der Waals surface area contributed by atoms with Crippen molar-refractivity contribution in [3.05, 3.63) is 60.2 Å². The summed E-state index contributed by atoms with van der Waals surface area (Å²) in [5, 5.41) is 10.6. The number of nitrogens with zero attached hydrogens (tertiary/aromatic N) is 2. The first-order valence-electron chi connectivity index (χ1n) is 9.85. The van der Waals surface area contributed by atoms with Gasteiger partial charge in [-0.1, -0.05) is 0 Å². The Morgan fingerprint density at radius 2 is 1.06 bits per heavy atom. The van der Waals surface area contributed by atoms with Gasteiger partial charge in [0.25, 0.3) is 11.8 Å². The minimum Gasteiger partial charge on any atom is -0.354 e. The Labute approximate surface area is 180 Å². The lowest BCUT2D eigenvalue weighted by Crippen LogP contribution is -2.46. The maximum Gasteiger partial charge on any atom is 0.252 e. The molecule has 10 nitrogen and oxygen atoms in total. The molecule has 0 aliphatic rings. The van der Waals surface area contributed by atoms with Gasteiger partial charge in [0, 0.05) is 49.0 Å². The number of carbonyl (C=O) groups is 4. The lowest BCUT2D eigenvalue weighted by atomic mass is 10.2. The average molecular weight is 426 g/mol. The molecule has 4 amide bonds. The zero-order valence-corrected chi connectivity index (χ0v) is 17.4. The monoisotopic (exact) mass is 426 g/mol. The van der Waals surface area contributed by atoms with Gasteiger partial charge in [-0.25, -0.2) is 0 Å². The van der Waals surface area contributed by atoms with Crippen molar-refractivity contribution < 1.29 is 19.2 Å². The van der Waals surface area contributed by atoms with Crippen LogP contribution < -0.4 is 21.3 Å². The van der Waals surface area contributed by atoms with E-state index < -0.39 is 12.1 Å². The molecule has 0 spiro atoms. The number of amides is 4. The number of rotatable bonds is 10. The molecule has 2 atom stereocenters. The van der Waals surface area contributed by atoms with Gasteiger partial charge in [-0.3, -0.25) is 29.1 Å². The van der Waals surface area contributed by atoms with Crippen molar-refractivity contribution in [2.24, 2.45) is 0 Å². The van der Waals surface area contributed by atoms with Crippen LogP contribution in [0, 0.1) is 0 Å². The highest BCUT2D eigenvalue weighted by Gasteiger charge is 2.17. The molecule has 2 heterocycles. The summed E-state index contributed by atoms with van der Waals surface area (Å²) in [6.07, 6.45) is 6.49. The van der Waals surface area contributed by atoms with E-state index in [0.717, 1.165) is 0 Å². The van der Waals surface area contributed by atoms with Crippen LogP contribution in [-0.4, -0.2) is 58.8 Å². The van der Waals surface area contributed by atoms with Gasteiger partial charge in [-0.05, 0) is 44.5 Å². The van der Waals surface area contributed by atoms with Gasteiger partial charge in [-0.2, -0.15) is 0 Å². The summed E-state index contributed by atoms with van der Waals surface area (Å²) in [5.41, 5.74) is 0.838. The van der Waals surface area contributed by atoms with E-state index in [9.17, 15) is 19.2 Å². The van der Waals surface area contributed by atoms with Crippen LogP contribution in [0.4, 0.5) is 0 Å². The van der Waals surface area contributed by atoms with Gasteiger partial charge < -0.3 is 21.3 Å². The van der Waals surface area contributed by atoms with E-state index >= 15 is 0 Å². The quantitative estimate of drug-likeness (QED) is 0.395. The summed E-state index contributed by atoms with van der Waals surface area (Å²) in [6.45, 7) is 3.82. The van der Waals surface area contributed by atoms with E-state index in [1.807, 2.05) is 0 Å². The summed E-state index contributed by atoms with van der Waals surface area (Å²) in [4.78, 5) is 55.9. The van der Waals surface area contributed by atoms with Crippen LogP contribution in [0.25, 0.3) is 0 Å². The molecule has 2 aromatic rings. The molecule has 10 heteroatoms. The third-order valence-electron chi connectivity index (χ3n) is 4.32. The van der Waals surface area contributed by atoms with Crippen LogP contribution in [0.3, 0.4) is 0 Å². The van der Waals surface area contributed by atoms with Crippen molar-refractivity contribution in [3.63, 3.8) is 0 Å². The molecule has 0 saturated heterocycles. The fraction of sp³-hybridized carbons (Fsp3) is 0.333. The van der Waals surface area contributed by atoms with Crippen LogP contribution in [0.5, 0.6) is 0 Å². The Morgan fingerprint density at radius 3 is 1.42 bits per heavy atom. The smallest absolute Gasteiger partial charge is 0.252 e. The molecule has 164 valence electrons. The van der Waals surface area contributed by atoms with Crippen molar-refractivity contribution >= 4 is 23.6 Å².